The number of aryl methyl sites for hydroxylation is 1. The largest absolute Gasteiger partial charge is 0.489 e. The van der Waals surface area contributed by atoms with Crippen LogP contribution in [-0.4, -0.2) is 52.7 Å². The number of hydrogen-bond acceptors (Lipinski definition) is 5. The van der Waals surface area contributed by atoms with Gasteiger partial charge in [-0.25, -0.2) is 4.79 Å². The second kappa shape index (κ2) is 7.26. The van der Waals surface area contributed by atoms with Crippen molar-refractivity contribution < 1.29 is 19.1 Å². The van der Waals surface area contributed by atoms with Crippen LogP contribution in [0.3, 0.4) is 0 Å². The van der Waals surface area contributed by atoms with Gasteiger partial charge in [0.1, 0.15) is 18.0 Å². The van der Waals surface area contributed by atoms with Crippen LogP contribution in [0.5, 0.6) is 5.75 Å². The van der Waals surface area contributed by atoms with Gasteiger partial charge in [0.05, 0.1) is 11.7 Å². The first kappa shape index (κ1) is 20.4. The summed E-state index contributed by atoms with van der Waals surface area (Å²) in [6, 6.07) is 1.89. The van der Waals surface area contributed by atoms with Crippen LogP contribution in [0.1, 0.15) is 40.2 Å². The molecule has 0 spiro atoms. The topological polar surface area (TPSA) is 80.8 Å². The molecule has 1 aliphatic carbocycles. The van der Waals surface area contributed by atoms with Gasteiger partial charge in [-0.2, -0.15) is 0 Å². The van der Waals surface area contributed by atoms with Crippen LogP contribution in [0.25, 0.3) is 0 Å². The molecular weight excluding hydrogens is 358 g/mol. The van der Waals surface area contributed by atoms with Gasteiger partial charge in [0.15, 0.2) is 0 Å². The van der Waals surface area contributed by atoms with Crippen LogP contribution in [0, 0.1) is 24.7 Å². The molecule has 1 N–H and O–H groups in total. The van der Waals surface area contributed by atoms with E-state index in [4.69, 9.17) is 9.47 Å². The molecule has 0 unspecified atom stereocenters. The predicted molar refractivity (Wildman–Crippen MR) is 105 cm³/mol. The van der Waals surface area contributed by atoms with Gasteiger partial charge in [-0.05, 0) is 65.0 Å². The summed E-state index contributed by atoms with van der Waals surface area (Å²) in [4.78, 5) is 30.7. The lowest BCUT2D eigenvalue weighted by atomic mass is 10.1. The van der Waals surface area contributed by atoms with Crippen molar-refractivity contribution in [1.29, 1.82) is 0 Å². The number of nitrogens with one attached hydrogen (secondary N) is 1. The van der Waals surface area contributed by atoms with E-state index < -0.39 is 11.1 Å². The number of nitrogens with zero attached hydrogens (tertiary/aromatic N) is 2. The summed E-state index contributed by atoms with van der Waals surface area (Å²) in [7, 11) is 0. The minimum Gasteiger partial charge on any atom is -0.489 e. The number of fused-ring (bicyclic) bond motifs is 1. The van der Waals surface area contributed by atoms with Gasteiger partial charge < -0.3 is 19.7 Å². The zero-order valence-electron chi connectivity index (χ0n) is 17.6. The van der Waals surface area contributed by atoms with Gasteiger partial charge in [-0.1, -0.05) is 0 Å². The first-order chi connectivity index (χ1) is 13.0. The third-order valence-corrected chi connectivity index (χ3v) is 5.19. The van der Waals surface area contributed by atoms with E-state index in [-0.39, 0.29) is 29.8 Å². The Balaban J connectivity index is 1.46. The number of carbonyl (C=O) groups excluding carboxylic acids is 2. The van der Waals surface area contributed by atoms with E-state index in [2.05, 4.69) is 10.3 Å². The van der Waals surface area contributed by atoms with Crippen LogP contribution >= 0.6 is 0 Å². The molecule has 2 amide bonds. The highest BCUT2D eigenvalue weighted by atomic mass is 16.6. The minimum absolute atomic E-state index is 0.0295. The number of amides is 2. The van der Waals surface area contributed by atoms with E-state index in [0.29, 0.717) is 19.7 Å². The lowest BCUT2D eigenvalue weighted by Gasteiger charge is -2.28. The van der Waals surface area contributed by atoms with Crippen LogP contribution < -0.4 is 10.1 Å². The Morgan fingerprint density at radius 2 is 1.86 bits per heavy atom. The number of rotatable bonds is 5. The standard InChI is InChI=1S/C21H31N3O4/c1-13-7-8-22-9-16(13)27-12-21(5,6)23-18(25)17-14-10-24(11-15(14)17)19(26)28-20(2,3)4/h7-9,14-15,17H,10-12H2,1-6H3,(H,23,25)/t14-,15+,17+. The maximum Gasteiger partial charge on any atom is 0.410 e. The molecule has 1 aromatic rings. The van der Waals surface area contributed by atoms with E-state index in [0.717, 1.165) is 11.3 Å². The Hall–Kier alpha value is -2.31. The maximum atomic E-state index is 12.7. The molecule has 1 aliphatic heterocycles. The van der Waals surface area contributed by atoms with E-state index in [1.165, 1.54) is 0 Å². The van der Waals surface area contributed by atoms with Gasteiger partial charge >= 0.3 is 6.09 Å². The van der Waals surface area contributed by atoms with Crippen molar-refractivity contribution in [3.05, 3.63) is 24.0 Å². The van der Waals surface area contributed by atoms with Crippen LogP contribution in [0.4, 0.5) is 4.79 Å². The van der Waals surface area contributed by atoms with Crippen LogP contribution in [-0.2, 0) is 9.53 Å². The second-order valence-corrected chi connectivity index (χ2v) is 9.54. The van der Waals surface area contributed by atoms with Crippen molar-refractivity contribution in [1.82, 2.24) is 15.2 Å². The van der Waals surface area contributed by atoms with E-state index in [9.17, 15) is 9.59 Å². The summed E-state index contributed by atoms with van der Waals surface area (Å²) < 4.78 is 11.3. The third kappa shape index (κ3) is 4.75. The summed E-state index contributed by atoms with van der Waals surface area (Å²) in [6.07, 6.45) is 3.12. The number of ether oxygens (including phenoxy) is 2. The van der Waals surface area contributed by atoms with Crippen molar-refractivity contribution in [2.75, 3.05) is 19.7 Å². The fourth-order valence-corrected chi connectivity index (χ4v) is 3.70. The molecule has 1 saturated carbocycles. The SMILES string of the molecule is Cc1ccncc1OCC(C)(C)NC(=O)[C@H]1[C@@H]2CN(C(=O)OC(C)(C)C)C[C@@H]21. The summed E-state index contributed by atoms with van der Waals surface area (Å²) >= 11 is 0. The summed E-state index contributed by atoms with van der Waals surface area (Å²) in [5.41, 5.74) is 0.00867. The quantitative estimate of drug-likeness (QED) is 0.838. The molecule has 28 heavy (non-hydrogen) atoms. The second-order valence-electron chi connectivity index (χ2n) is 9.54. The number of carbonyl (C=O) groups is 2. The van der Waals surface area contributed by atoms with Gasteiger partial charge in [-0.3, -0.25) is 9.78 Å². The molecule has 0 aromatic carbocycles. The fraction of sp³-hybridized carbons (Fsp3) is 0.667. The average molecular weight is 389 g/mol. The molecule has 3 atom stereocenters. The van der Waals surface area contributed by atoms with Crippen molar-refractivity contribution >= 4 is 12.0 Å². The third-order valence-electron chi connectivity index (χ3n) is 5.19. The Morgan fingerprint density at radius 1 is 1.21 bits per heavy atom. The maximum absolute atomic E-state index is 12.7. The normalized spacial score (nSPS) is 23.8. The molecule has 0 bridgehead atoms. The number of likely N-dealkylation sites (tertiary alicyclic amines) is 1. The van der Waals surface area contributed by atoms with Crippen LogP contribution in [0.15, 0.2) is 18.5 Å². The fourth-order valence-electron chi connectivity index (χ4n) is 3.70. The molecule has 2 fully saturated rings. The molecule has 1 saturated heterocycles. The Kier molecular flexibility index (Phi) is 5.30. The van der Waals surface area contributed by atoms with Crippen LogP contribution in [0.2, 0.25) is 0 Å². The summed E-state index contributed by atoms with van der Waals surface area (Å²) in [6.45, 7) is 13.0. The first-order valence-corrected chi connectivity index (χ1v) is 9.80. The molecule has 7 nitrogen and oxygen atoms in total. The molecule has 0 radical (unpaired) electrons. The highest BCUT2D eigenvalue weighted by molar-refractivity contribution is 5.84. The molecule has 2 aliphatic rings. The molecule has 3 rings (SSSR count). The highest BCUT2D eigenvalue weighted by Crippen LogP contribution is 2.52. The zero-order chi connectivity index (χ0) is 20.7. The minimum atomic E-state index is -0.503. The van der Waals surface area contributed by atoms with E-state index in [1.54, 1.807) is 17.3 Å². The number of hydrogen-bond donors (Lipinski definition) is 1. The average Bonchev–Trinajstić information content (AvgIpc) is 3.07. The monoisotopic (exact) mass is 389 g/mol. The van der Waals surface area contributed by atoms with Crippen molar-refractivity contribution in [2.45, 2.75) is 52.7 Å². The lowest BCUT2D eigenvalue weighted by Crippen LogP contribution is -2.49. The molecular formula is C21H31N3O4. The van der Waals surface area contributed by atoms with Gasteiger partial charge in [-0.15, -0.1) is 0 Å². The van der Waals surface area contributed by atoms with Gasteiger partial charge in [0, 0.05) is 25.2 Å². The number of aromatic nitrogens is 1. The summed E-state index contributed by atoms with van der Waals surface area (Å²) in [5, 5.41) is 3.10. The Labute approximate surface area is 166 Å². The number of piperidine rings is 1. The van der Waals surface area contributed by atoms with Gasteiger partial charge in [0.25, 0.3) is 0 Å². The predicted octanol–water partition coefficient (Wildman–Crippen LogP) is 2.78. The Bertz CT molecular complexity index is 744. The Morgan fingerprint density at radius 3 is 2.43 bits per heavy atom. The molecule has 7 heteroatoms. The van der Waals surface area contributed by atoms with E-state index in [1.807, 2.05) is 47.6 Å². The van der Waals surface area contributed by atoms with Crippen molar-refractivity contribution in [2.24, 2.45) is 17.8 Å². The molecule has 1 aromatic heterocycles. The van der Waals surface area contributed by atoms with Crippen molar-refractivity contribution in [3.8, 4) is 5.75 Å². The van der Waals surface area contributed by atoms with E-state index >= 15 is 0 Å². The number of pyridine rings is 1. The zero-order valence-corrected chi connectivity index (χ0v) is 17.6. The smallest absolute Gasteiger partial charge is 0.410 e. The van der Waals surface area contributed by atoms with Crippen molar-refractivity contribution in [3.63, 3.8) is 0 Å². The highest BCUT2D eigenvalue weighted by Gasteiger charge is 2.61. The summed E-state index contributed by atoms with van der Waals surface area (Å²) in [5.74, 6) is 1.18. The first-order valence-electron chi connectivity index (χ1n) is 9.80. The molecule has 154 valence electrons. The lowest BCUT2D eigenvalue weighted by molar-refractivity contribution is -0.125. The van der Waals surface area contributed by atoms with Gasteiger partial charge in [0.2, 0.25) is 5.91 Å². The molecule has 2 heterocycles.